The van der Waals surface area contributed by atoms with Crippen LogP contribution in [0.25, 0.3) is 0 Å². The number of hydrogen-bond acceptors (Lipinski definition) is 16. The van der Waals surface area contributed by atoms with Crippen LogP contribution in [0.3, 0.4) is 0 Å². The minimum absolute atomic E-state index is 0.671. The predicted molar refractivity (Wildman–Crippen MR) is 115 cm³/mol. The van der Waals surface area contributed by atoms with Crippen LogP contribution in [0.5, 0.6) is 0 Å². The van der Waals surface area contributed by atoms with Crippen molar-refractivity contribution in [2.75, 3.05) is 26.4 Å². The van der Waals surface area contributed by atoms with E-state index in [1.54, 1.807) is 0 Å². The first-order chi connectivity index (χ1) is 17.4. The summed E-state index contributed by atoms with van der Waals surface area (Å²) in [5.41, 5.74) is 0. The average Bonchev–Trinajstić information content (AvgIpc) is 2.88. The van der Waals surface area contributed by atoms with Crippen LogP contribution in [0.2, 0.25) is 0 Å². The average molecular weight is 548 g/mol. The molecule has 0 radical (unpaired) electrons. The van der Waals surface area contributed by atoms with Crippen molar-refractivity contribution in [3.05, 3.63) is 0 Å². The number of rotatable bonds is 12. The van der Waals surface area contributed by atoms with Crippen LogP contribution in [0.1, 0.15) is 6.92 Å². The van der Waals surface area contributed by atoms with E-state index in [1.807, 2.05) is 0 Å². The monoisotopic (exact) mass is 547 g/mol. The summed E-state index contributed by atoms with van der Waals surface area (Å²) >= 11 is 0. The molecule has 37 heavy (non-hydrogen) atoms. The normalized spacial score (nSPS) is 40.0. The largest absolute Gasteiger partial charge is 0.394 e. The van der Waals surface area contributed by atoms with Gasteiger partial charge in [-0.25, -0.2) is 0 Å². The van der Waals surface area contributed by atoms with Crippen molar-refractivity contribution >= 4 is 5.91 Å². The molecule has 17 heteroatoms. The van der Waals surface area contributed by atoms with Gasteiger partial charge in [0.2, 0.25) is 5.91 Å². The highest BCUT2D eigenvalue weighted by Gasteiger charge is 2.52. The first kappa shape index (κ1) is 32.1. The maximum Gasteiger partial charge on any atom is 0.217 e. The number of carbonyl (C=O) groups excluding carboxylic acids is 1. The summed E-state index contributed by atoms with van der Waals surface area (Å²) in [5.74, 6) is -0.671. The summed E-state index contributed by atoms with van der Waals surface area (Å²) in [6.45, 7) is -2.48. The summed E-state index contributed by atoms with van der Waals surface area (Å²) in [7, 11) is 0. The van der Waals surface area contributed by atoms with Crippen molar-refractivity contribution < 1.29 is 79.9 Å². The lowest BCUT2D eigenvalue weighted by atomic mass is 9.95. The van der Waals surface area contributed by atoms with Crippen LogP contribution in [-0.2, 0) is 23.7 Å². The smallest absolute Gasteiger partial charge is 0.217 e. The number of ether oxygens (including phenoxy) is 4. The molecule has 0 aliphatic carbocycles. The lowest BCUT2D eigenvalue weighted by Gasteiger charge is -2.47. The van der Waals surface area contributed by atoms with Crippen molar-refractivity contribution in [3.8, 4) is 0 Å². The Morgan fingerprint density at radius 2 is 1.35 bits per heavy atom. The van der Waals surface area contributed by atoms with Crippen LogP contribution in [0.15, 0.2) is 0 Å². The van der Waals surface area contributed by atoms with Crippen molar-refractivity contribution in [2.45, 2.75) is 92.7 Å². The zero-order chi connectivity index (χ0) is 28.0. The molecular formula is C20H37NO16. The van der Waals surface area contributed by atoms with E-state index in [0.717, 1.165) is 6.92 Å². The summed E-state index contributed by atoms with van der Waals surface area (Å²) in [5, 5.41) is 112. The topological polar surface area (TPSA) is 289 Å². The second-order valence-electron chi connectivity index (χ2n) is 8.83. The molecule has 0 saturated carbocycles. The maximum atomic E-state index is 11.6. The molecule has 2 fully saturated rings. The Morgan fingerprint density at radius 1 is 0.811 bits per heavy atom. The van der Waals surface area contributed by atoms with E-state index in [9.17, 15) is 55.9 Å². The third-order valence-corrected chi connectivity index (χ3v) is 6.14. The van der Waals surface area contributed by atoms with Crippen molar-refractivity contribution in [1.82, 2.24) is 5.32 Å². The second kappa shape index (κ2) is 14.3. The molecule has 12 N–H and O–H groups in total. The fourth-order valence-electron chi connectivity index (χ4n) is 4.05. The molecule has 2 aliphatic heterocycles. The summed E-state index contributed by atoms with van der Waals surface area (Å²) in [6, 6.07) is -1.45. The molecule has 2 heterocycles. The lowest BCUT2D eigenvalue weighted by molar-refractivity contribution is -0.359. The third-order valence-electron chi connectivity index (χ3n) is 6.14. The molecule has 2 saturated heterocycles. The molecular weight excluding hydrogens is 510 g/mol. The van der Waals surface area contributed by atoms with E-state index in [4.69, 9.17) is 24.1 Å². The Kier molecular flexibility index (Phi) is 12.4. The van der Waals surface area contributed by atoms with Crippen LogP contribution in [0.4, 0.5) is 0 Å². The van der Waals surface area contributed by atoms with E-state index >= 15 is 0 Å². The molecule has 0 aromatic rings. The fourth-order valence-corrected chi connectivity index (χ4v) is 4.05. The molecule has 0 unspecified atom stereocenters. The highest BCUT2D eigenvalue weighted by molar-refractivity contribution is 5.73. The highest BCUT2D eigenvalue weighted by Crippen LogP contribution is 2.30. The third kappa shape index (κ3) is 7.50. The van der Waals surface area contributed by atoms with Gasteiger partial charge in [-0.1, -0.05) is 0 Å². The number of amides is 1. The number of hydrogen-bond donors (Lipinski definition) is 12. The van der Waals surface area contributed by atoms with Gasteiger partial charge >= 0.3 is 0 Å². The minimum atomic E-state index is -1.99. The predicted octanol–water partition coefficient (Wildman–Crippen LogP) is -7.79. The van der Waals surface area contributed by atoms with Gasteiger partial charge in [-0.15, -0.1) is 0 Å². The van der Waals surface area contributed by atoms with E-state index in [-0.39, 0.29) is 0 Å². The van der Waals surface area contributed by atoms with Crippen LogP contribution < -0.4 is 5.32 Å². The Balaban J connectivity index is 2.33. The molecule has 0 spiro atoms. The molecule has 14 atom stereocenters. The zero-order valence-corrected chi connectivity index (χ0v) is 19.9. The highest BCUT2D eigenvalue weighted by atomic mass is 16.7. The van der Waals surface area contributed by atoms with Crippen LogP contribution in [0, 0.1) is 0 Å². The van der Waals surface area contributed by atoms with E-state index in [2.05, 4.69) is 5.32 Å². The number of aliphatic hydroxyl groups excluding tert-OH is 11. The Hall–Kier alpha value is -1.13. The molecule has 2 aliphatic rings. The molecule has 17 nitrogen and oxygen atoms in total. The quantitative estimate of drug-likeness (QED) is 0.108. The van der Waals surface area contributed by atoms with E-state index in [0.29, 0.717) is 0 Å². The Labute approximate surface area is 211 Å². The summed E-state index contributed by atoms with van der Waals surface area (Å²) in [4.78, 5) is 11.6. The van der Waals surface area contributed by atoms with Crippen molar-refractivity contribution in [1.29, 1.82) is 0 Å². The number of aliphatic hydroxyl groups is 11. The zero-order valence-electron chi connectivity index (χ0n) is 19.9. The first-order valence-electron chi connectivity index (χ1n) is 11.5. The van der Waals surface area contributed by atoms with Gasteiger partial charge in [0.25, 0.3) is 0 Å². The standard InChI is InChI=1S/C20H37NO16/c1-6(26)21-11-15(32)13(30)9(4-24)34-19(11)37-18-14(31)10(5-25)35-20(16(18)33)36-17(8(28)3-23)12(29)7(27)2-22/h7-20,22-25,27-33H,2-5H2,1H3,(H,21,26)/t7-,8+,9+,10+,11+,12+,13-,14-,15+,16+,17+,18-,19+,20-/m0/s1. The SMILES string of the molecule is CC(=O)N[C@H]1[C@@H](O[C@H]2[C@@H](O)[C@@H](CO)O[C@@H](O[C@@H]([C@H](O)[C@@H](O)CO)[C@H](O)CO)[C@@H]2O)O[C@H](CO)[C@H](O)[C@@H]1O. The second-order valence-corrected chi connectivity index (χ2v) is 8.83. The van der Waals surface area contributed by atoms with Gasteiger partial charge < -0.3 is 80.4 Å². The fraction of sp³-hybridized carbons (Fsp3) is 0.950. The molecule has 2 rings (SSSR count). The molecule has 1 amide bonds. The van der Waals surface area contributed by atoms with Crippen molar-refractivity contribution in [3.63, 3.8) is 0 Å². The number of nitrogens with one attached hydrogen (secondary N) is 1. The first-order valence-corrected chi connectivity index (χ1v) is 11.5. The van der Waals surface area contributed by atoms with Gasteiger partial charge in [0.15, 0.2) is 12.6 Å². The van der Waals surface area contributed by atoms with Crippen molar-refractivity contribution in [2.24, 2.45) is 0 Å². The van der Waals surface area contributed by atoms with Gasteiger partial charge in [0, 0.05) is 6.92 Å². The molecule has 218 valence electrons. The Bertz CT molecular complexity index is 703. The van der Waals surface area contributed by atoms with Crippen LogP contribution >= 0.6 is 0 Å². The molecule has 0 aromatic carbocycles. The summed E-state index contributed by atoms with van der Waals surface area (Å²) < 4.78 is 21.7. The lowest BCUT2D eigenvalue weighted by Crippen LogP contribution is -2.68. The van der Waals surface area contributed by atoms with Gasteiger partial charge in [-0.2, -0.15) is 0 Å². The van der Waals surface area contributed by atoms with Gasteiger partial charge in [-0.05, 0) is 0 Å². The maximum absolute atomic E-state index is 11.6. The Morgan fingerprint density at radius 3 is 1.86 bits per heavy atom. The van der Waals surface area contributed by atoms with Gasteiger partial charge in [0.05, 0.1) is 26.4 Å². The summed E-state index contributed by atoms with van der Waals surface area (Å²) in [6.07, 6.45) is -22.9. The molecule has 0 aromatic heterocycles. The van der Waals surface area contributed by atoms with Gasteiger partial charge in [0.1, 0.15) is 73.2 Å². The number of carbonyl (C=O) groups is 1. The van der Waals surface area contributed by atoms with E-state index in [1.165, 1.54) is 0 Å². The van der Waals surface area contributed by atoms with E-state index < -0.39 is 118 Å². The minimum Gasteiger partial charge on any atom is -0.394 e. The van der Waals surface area contributed by atoms with Gasteiger partial charge in [-0.3, -0.25) is 4.79 Å². The van der Waals surface area contributed by atoms with Crippen LogP contribution in [-0.4, -0.2) is 174 Å². The molecule has 0 bridgehead atoms.